The Bertz CT molecular complexity index is 547. The van der Waals surface area contributed by atoms with Crippen LogP contribution in [0.2, 0.25) is 0 Å². The second-order valence-corrected chi connectivity index (χ2v) is 4.08. The van der Waals surface area contributed by atoms with Crippen LogP contribution in [0.4, 0.5) is 10.5 Å². The van der Waals surface area contributed by atoms with Crippen LogP contribution in [0.3, 0.4) is 0 Å². The number of urea groups is 1. The summed E-state index contributed by atoms with van der Waals surface area (Å²) in [5, 5.41) is 2.55. The topological polar surface area (TPSA) is 55.1 Å². The summed E-state index contributed by atoms with van der Waals surface area (Å²) in [5.41, 5.74) is 9.46. The molecular weight excluding hydrogens is 224 g/mol. The van der Waals surface area contributed by atoms with Crippen molar-refractivity contribution in [3.63, 3.8) is 0 Å². The van der Waals surface area contributed by atoms with Gasteiger partial charge in [-0.3, -0.25) is 0 Å². The van der Waals surface area contributed by atoms with Crippen molar-refractivity contribution in [1.82, 2.24) is 0 Å². The molecule has 2 amide bonds. The Kier molecular flexibility index (Phi) is 3.63. The van der Waals surface area contributed by atoms with Gasteiger partial charge in [-0.05, 0) is 35.2 Å². The first-order chi connectivity index (χ1) is 8.70. The average Bonchev–Trinajstić information content (AvgIpc) is 2.39. The van der Waals surface area contributed by atoms with Gasteiger partial charge >= 0.3 is 6.03 Å². The summed E-state index contributed by atoms with van der Waals surface area (Å²) in [6.07, 6.45) is 0.997. The number of benzene rings is 2. The molecule has 0 aliphatic heterocycles. The van der Waals surface area contributed by atoms with Crippen molar-refractivity contribution in [3.05, 3.63) is 54.1 Å². The first-order valence-corrected chi connectivity index (χ1v) is 5.95. The molecule has 0 aliphatic carbocycles. The zero-order valence-electron chi connectivity index (χ0n) is 10.3. The van der Waals surface area contributed by atoms with Crippen LogP contribution >= 0.6 is 0 Å². The average molecular weight is 240 g/mol. The van der Waals surface area contributed by atoms with E-state index in [0.717, 1.165) is 12.0 Å². The maximum Gasteiger partial charge on any atom is 0.316 e. The quantitative estimate of drug-likeness (QED) is 0.848. The second-order valence-electron chi connectivity index (χ2n) is 4.08. The molecule has 0 fully saturated rings. The van der Waals surface area contributed by atoms with E-state index in [1.807, 2.05) is 36.4 Å². The van der Waals surface area contributed by atoms with E-state index in [1.165, 1.54) is 11.1 Å². The summed E-state index contributed by atoms with van der Waals surface area (Å²) in [7, 11) is 0. The molecule has 0 atom stereocenters. The molecule has 0 aromatic heterocycles. The van der Waals surface area contributed by atoms with Crippen LogP contribution in [0.15, 0.2) is 48.5 Å². The third-order valence-corrected chi connectivity index (χ3v) is 2.86. The number of aryl methyl sites for hydroxylation is 1. The van der Waals surface area contributed by atoms with Crippen LogP contribution in [0.1, 0.15) is 12.5 Å². The molecule has 18 heavy (non-hydrogen) atoms. The molecule has 2 aromatic carbocycles. The van der Waals surface area contributed by atoms with Crippen LogP contribution in [0.25, 0.3) is 11.1 Å². The maximum atomic E-state index is 10.7. The van der Waals surface area contributed by atoms with Crippen molar-refractivity contribution in [2.24, 2.45) is 5.73 Å². The van der Waals surface area contributed by atoms with E-state index in [4.69, 9.17) is 5.73 Å². The van der Waals surface area contributed by atoms with Crippen LogP contribution in [0, 0.1) is 0 Å². The minimum Gasteiger partial charge on any atom is -0.351 e. The van der Waals surface area contributed by atoms with Crippen molar-refractivity contribution in [2.45, 2.75) is 13.3 Å². The fraction of sp³-hybridized carbons (Fsp3) is 0.133. The van der Waals surface area contributed by atoms with E-state index in [9.17, 15) is 4.79 Å². The van der Waals surface area contributed by atoms with E-state index in [-0.39, 0.29) is 0 Å². The predicted octanol–water partition coefficient (Wildman–Crippen LogP) is 3.41. The van der Waals surface area contributed by atoms with Crippen molar-refractivity contribution in [3.8, 4) is 11.1 Å². The highest BCUT2D eigenvalue weighted by Gasteiger charge is 2.03. The molecule has 0 bridgehead atoms. The highest BCUT2D eigenvalue weighted by atomic mass is 16.2. The third kappa shape index (κ3) is 2.69. The lowest BCUT2D eigenvalue weighted by molar-refractivity contribution is 0.259. The highest BCUT2D eigenvalue weighted by Crippen LogP contribution is 2.25. The smallest absolute Gasteiger partial charge is 0.316 e. The summed E-state index contributed by atoms with van der Waals surface area (Å²) in [5.74, 6) is 0. The zero-order chi connectivity index (χ0) is 13.0. The lowest BCUT2D eigenvalue weighted by Gasteiger charge is -2.09. The molecule has 3 heteroatoms. The van der Waals surface area contributed by atoms with Gasteiger partial charge in [0.25, 0.3) is 0 Å². The molecule has 0 unspecified atom stereocenters. The molecule has 2 aromatic rings. The first kappa shape index (κ1) is 12.2. The van der Waals surface area contributed by atoms with Crippen molar-refractivity contribution in [1.29, 1.82) is 0 Å². The number of hydrogen-bond acceptors (Lipinski definition) is 1. The molecule has 0 radical (unpaired) electrons. The third-order valence-electron chi connectivity index (χ3n) is 2.86. The standard InChI is InChI=1S/C15H16N2O/c1-2-11-5-3-4-6-14(11)12-7-9-13(10-8-12)17-15(16)18/h3-10H,2H2,1H3,(H3,16,17,18). The van der Waals surface area contributed by atoms with Gasteiger partial charge in [0.1, 0.15) is 0 Å². The number of rotatable bonds is 3. The number of carbonyl (C=O) groups is 1. The van der Waals surface area contributed by atoms with Gasteiger partial charge < -0.3 is 11.1 Å². The Morgan fingerprint density at radius 2 is 1.78 bits per heavy atom. The Morgan fingerprint density at radius 1 is 1.11 bits per heavy atom. The summed E-state index contributed by atoms with van der Waals surface area (Å²) >= 11 is 0. The molecule has 0 saturated carbocycles. The molecule has 3 N–H and O–H groups in total. The van der Waals surface area contributed by atoms with Gasteiger partial charge in [-0.1, -0.05) is 43.3 Å². The fourth-order valence-electron chi connectivity index (χ4n) is 1.99. The molecular formula is C15H16N2O. The van der Waals surface area contributed by atoms with Gasteiger partial charge in [-0.25, -0.2) is 4.79 Å². The van der Waals surface area contributed by atoms with Gasteiger partial charge in [0.2, 0.25) is 0 Å². The van der Waals surface area contributed by atoms with E-state index >= 15 is 0 Å². The molecule has 0 saturated heterocycles. The first-order valence-electron chi connectivity index (χ1n) is 5.95. The summed E-state index contributed by atoms with van der Waals surface area (Å²) in [6, 6.07) is 15.4. The van der Waals surface area contributed by atoms with Gasteiger partial charge in [-0.2, -0.15) is 0 Å². The number of amides is 2. The Hall–Kier alpha value is -2.29. The normalized spacial score (nSPS) is 10.1. The minimum absolute atomic E-state index is 0.545. The zero-order valence-corrected chi connectivity index (χ0v) is 10.3. The van der Waals surface area contributed by atoms with E-state index < -0.39 is 6.03 Å². The van der Waals surface area contributed by atoms with Gasteiger partial charge in [-0.15, -0.1) is 0 Å². The van der Waals surface area contributed by atoms with Crippen molar-refractivity contribution < 1.29 is 4.79 Å². The monoisotopic (exact) mass is 240 g/mol. The summed E-state index contributed by atoms with van der Waals surface area (Å²) in [4.78, 5) is 10.7. The van der Waals surface area contributed by atoms with Crippen LogP contribution in [-0.4, -0.2) is 6.03 Å². The molecule has 0 heterocycles. The molecule has 0 spiro atoms. The van der Waals surface area contributed by atoms with Crippen LogP contribution in [-0.2, 0) is 6.42 Å². The number of hydrogen-bond donors (Lipinski definition) is 2. The largest absolute Gasteiger partial charge is 0.351 e. The lowest BCUT2D eigenvalue weighted by Crippen LogP contribution is -2.19. The van der Waals surface area contributed by atoms with Crippen LogP contribution in [0.5, 0.6) is 0 Å². The number of primary amides is 1. The van der Waals surface area contributed by atoms with E-state index in [0.29, 0.717) is 5.69 Å². The Balaban J connectivity index is 2.31. The molecule has 3 nitrogen and oxygen atoms in total. The van der Waals surface area contributed by atoms with E-state index in [2.05, 4.69) is 24.4 Å². The summed E-state index contributed by atoms with van der Waals surface area (Å²) < 4.78 is 0. The lowest BCUT2D eigenvalue weighted by atomic mass is 9.98. The number of nitrogens with two attached hydrogens (primary N) is 1. The summed E-state index contributed by atoms with van der Waals surface area (Å²) in [6.45, 7) is 2.14. The second kappa shape index (κ2) is 5.36. The van der Waals surface area contributed by atoms with Crippen LogP contribution < -0.4 is 11.1 Å². The number of nitrogens with one attached hydrogen (secondary N) is 1. The van der Waals surface area contributed by atoms with E-state index in [1.54, 1.807) is 0 Å². The highest BCUT2D eigenvalue weighted by molar-refractivity contribution is 5.88. The van der Waals surface area contributed by atoms with Gasteiger partial charge in [0.15, 0.2) is 0 Å². The number of anilines is 1. The van der Waals surface area contributed by atoms with Crippen molar-refractivity contribution in [2.75, 3.05) is 5.32 Å². The SMILES string of the molecule is CCc1ccccc1-c1ccc(NC(N)=O)cc1. The number of carbonyl (C=O) groups excluding carboxylic acids is 1. The van der Waals surface area contributed by atoms with Gasteiger partial charge in [0, 0.05) is 5.69 Å². The minimum atomic E-state index is -0.545. The Labute approximate surface area is 107 Å². The molecule has 2 rings (SSSR count). The van der Waals surface area contributed by atoms with Crippen molar-refractivity contribution >= 4 is 11.7 Å². The maximum absolute atomic E-state index is 10.7. The van der Waals surface area contributed by atoms with Gasteiger partial charge in [0.05, 0.1) is 0 Å². The predicted molar refractivity (Wildman–Crippen MR) is 74.5 cm³/mol. The Morgan fingerprint density at radius 3 is 2.39 bits per heavy atom. The molecule has 92 valence electrons. The fourth-order valence-corrected chi connectivity index (χ4v) is 1.99. The molecule has 0 aliphatic rings.